The molecule has 0 radical (unpaired) electrons. The van der Waals surface area contributed by atoms with Crippen LogP contribution in [0.1, 0.15) is 12.2 Å². The third-order valence-electron chi connectivity index (χ3n) is 4.41. The molecule has 7 heteroatoms. The lowest BCUT2D eigenvalue weighted by molar-refractivity contribution is -0.121. The molecule has 2 aromatic carbocycles. The van der Waals surface area contributed by atoms with Crippen LogP contribution in [0, 0.1) is 0 Å². The van der Waals surface area contributed by atoms with Crippen LogP contribution in [-0.4, -0.2) is 32.2 Å². The molecule has 0 saturated carbocycles. The summed E-state index contributed by atoms with van der Waals surface area (Å²) in [6, 6.07) is 15.1. The lowest BCUT2D eigenvalue weighted by Crippen LogP contribution is -2.34. The molecule has 1 amide bonds. The molecule has 4 rings (SSSR count). The first kappa shape index (κ1) is 17.0. The predicted octanol–water partition coefficient (Wildman–Crippen LogP) is 2.02. The molecular formula is C20H19N5O2. The molecule has 136 valence electrons. The maximum absolute atomic E-state index is 12.4. The Morgan fingerprint density at radius 2 is 1.93 bits per heavy atom. The van der Waals surface area contributed by atoms with Crippen LogP contribution in [0.2, 0.25) is 0 Å². The highest BCUT2D eigenvalue weighted by Crippen LogP contribution is 2.11. The Morgan fingerprint density at radius 1 is 1.11 bits per heavy atom. The first-order valence-corrected chi connectivity index (χ1v) is 8.86. The van der Waals surface area contributed by atoms with Gasteiger partial charge in [-0.1, -0.05) is 30.3 Å². The summed E-state index contributed by atoms with van der Waals surface area (Å²) in [5, 5.41) is 8.23. The van der Waals surface area contributed by atoms with Gasteiger partial charge in [0.05, 0.1) is 22.6 Å². The Morgan fingerprint density at radius 3 is 2.81 bits per heavy atom. The predicted molar refractivity (Wildman–Crippen MR) is 103 cm³/mol. The van der Waals surface area contributed by atoms with Crippen molar-refractivity contribution in [2.45, 2.75) is 19.4 Å². The quantitative estimate of drug-likeness (QED) is 0.514. The molecule has 0 spiro atoms. The van der Waals surface area contributed by atoms with E-state index in [1.807, 2.05) is 36.4 Å². The number of carbonyl (C=O) groups is 1. The number of aromatic amines is 1. The van der Waals surface area contributed by atoms with Gasteiger partial charge < -0.3 is 10.3 Å². The van der Waals surface area contributed by atoms with E-state index in [2.05, 4.69) is 20.4 Å². The van der Waals surface area contributed by atoms with Gasteiger partial charge in [-0.3, -0.25) is 9.59 Å². The Labute approximate surface area is 155 Å². The number of para-hydroxylation sites is 2. The van der Waals surface area contributed by atoms with Gasteiger partial charge in [0.15, 0.2) is 0 Å². The third kappa shape index (κ3) is 3.72. The van der Waals surface area contributed by atoms with Gasteiger partial charge in [0, 0.05) is 18.4 Å². The molecule has 0 aliphatic heterocycles. The van der Waals surface area contributed by atoms with Gasteiger partial charge in [-0.15, -0.1) is 0 Å². The summed E-state index contributed by atoms with van der Waals surface area (Å²) < 4.78 is 1.19. The molecule has 0 aliphatic carbocycles. The minimum absolute atomic E-state index is 0.0890. The molecule has 2 N–H and O–H groups in total. The SMILES string of the molecule is O=C(Cn1ncc2ccccc2c1=O)NCCCc1nc2ccccc2[nH]1. The van der Waals surface area contributed by atoms with Crippen molar-refractivity contribution in [3.8, 4) is 0 Å². The summed E-state index contributed by atoms with van der Waals surface area (Å²) in [5.41, 5.74) is 1.70. The smallest absolute Gasteiger partial charge is 0.275 e. The number of nitrogens with zero attached hydrogens (tertiary/aromatic N) is 3. The first-order chi connectivity index (χ1) is 13.2. The minimum Gasteiger partial charge on any atom is -0.354 e. The van der Waals surface area contributed by atoms with E-state index in [9.17, 15) is 9.59 Å². The van der Waals surface area contributed by atoms with Crippen molar-refractivity contribution < 1.29 is 4.79 Å². The third-order valence-corrected chi connectivity index (χ3v) is 4.41. The summed E-state index contributed by atoms with van der Waals surface area (Å²) in [6.07, 6.45) is 3.10. The van der Waals surface area contributed by atoms with Crippen molar-refractivity contribution >= 4 is 27.7 Å². The second-order valence-electron chi connectivity index (χ2n) is 6.35. The fourth-order valence-electron chi connectivity index (χ4n) is 3.04. The molecule has 27 heavy (non-hydrogen) atoms. The van der Waals surface area contributed by atoms with Gasteiger partial charge in [-0.25, -0.2) is 9.67 Å². The maximum atomic E-state index is 12.4. The highest BCUT2D eigenvalue weighted by Gasteiger charge is 2.08. The summed E-state index contributed by atoms with van der Waals surface area (Å²) in [6.45, 7) is 0.423. The lowest BCUT2D eigenvalue weighted by atomic mass is 10.2. The molecule has 0 atom stereocenters. The maximum Gasteiger partial charge on any atom is 0.275 e. The van der Waals surface area contributed by atoms with Crippen LogP contribution in [0.25, 0.3) is 21.8 Å². The van der Waals surface area contributed by atoms with Gasteiger partial charge in [0.2, 0.25) is 5.91 Å². The van der Waals surface area contributed by atoms with E-state index in [0.717, 1.165) is 35.1 Å². The van der Waals surface area contributed by atoms with Gasteiger partial charge >= 0.3 is 0 Å². The minimum atomic E-state index is -0.259. The monoisotopic (exact) mass is 361 g/mol. The van der Waals surface area contributed by atoms with Crippen LogP contribution in [0.5, 0.6) is 0 Å². The average Bonchev–Trinajstić information content (AvgIpc) is 3.10. The number of H-pyrrole nitrogens is 1. The van der Waals surface area contributed by atoms with Gasteiger partial charge in [-0.05, 0) is 24.6 Å². The van der Waals surface area contributed by atoms with Crippen LogP contribution in [-0.2, 0) is 17.8 Å². The Bertz CT molecular complexity index is 1130. The Kier molecular flexibility index (Phi) is 4.65. The average molecular weight is 361 g/mol. The Hall–Kier alpha value is -3.48. The van der Waals surface area contributed by atoms with Crippen LogP contribution in [0.15, 0.2) is 59.5 Å². The number of carbonyl (C=O) groups excluding carboxylic acids is 1. The van der Waals surface area contributed by atoms with Crippen LogP contribution in [0.3, 0.4) is 0 Å². The van der Waals surface area contributed by atoms with Crippen molar-refractivity contribution in [1.82, 2.24) is 25.1 Å². The van der Waals surface area contributed by atoms with E-state index in [1.165, 1.54) is 4.68 Å². The van der Waals surface area contributed by atoms with E-state index in [0.29, 0.717) is 11.9 Å². The fraction of sp³-hybridized carbons (Fsp3) is 0.200. The standard InChI is InChI=1S/C20H19N5O2/c26-19(13-25-20(27)15-7-2-1-6-14(15)12-22-25)21-11-5-10-18-23-16-8-3-4-9-17(16)24-18/h1-4,6-9,12H,5,10-11,13H2,(H,21,26)(H,23,24). The van der Waals surface area contributed by atoms with E-state index in [1.54, 1.807) is 18.3 Å². The zero-order valence-corrected chi connectivity index (χ0v) is 14.7. The second-order valence-corrected chi connectivity index (χ2v) is 6.35. The molecule has 0 unspecified atom stereocenters. The van der Waals surface area contributed by atoms with E-state index >= 15 is 0 Å². The van der Waals surface area contributed by atoms with E-state index in [-0.39, 0.29) is 18.0 Å². The Balaban J connectivity index is 1.31. The van der Waals surface area contributed by atoms with Crippen LogP contribution in [0.4, 0.5) is 0 Å². The normalized spacial score (nSPS) is 11.1. The highest BCUT2D eigenvalue weighted by molar-refractivity contribution is 5.81. The number of hydrogen-bond donors (Lipinski definition) is 2. The summed E-state index contributed by atoms with van der Waals surface area (Å²) in [5.74, 6) is 0.669. The fourth-order valence-corrected chi connectivity index (χ4v) is 3.04. The second kappa shape index (κ2) is 7.41. The first-order valence-electron chi connectivity index (χ1n) is 8.86. The topological polar surface area (TPSA) is 92.7 Å². The number of hydrogen-bond acceptors (Lipinski definition) is 4. The molecule has 2 aromatic heterocycles. The molecule has 0 saturated heterocycles. The molecule has 4 aromatic rings. The van der Waals surface area contributed by atoms with Gasteiger partial charge in [-0.2, -0.15) is 5.10 Å². The number of fused-ring (bicyclic) bond motifs is 2. The van der Waals surface area contributed by atoms with Crippen molar-refractivity contribution in [3.63, 3.8) is 0 Å². The number of nitrogens with one attached hydrogen (secondary N) is 2. The molecule has 7 nitrogen and oxygen atoms in total. The van der Waals surface area contributed by atoms with Gasteiger partial charge in [0.1, 0.15) is 12.4 Å². The molecule has 0 fully saturated rings. The summed E-state index contributed by atoms with van der Waals surface area (Å²) in [7, 11) is 0. The largest absolute Gasteiger partial charge is 0.354 e. The molecule has 0 bridgehead atoms. The van der Waals surface area contributed by atoms with Crippen molar-refractivity contribution in [2.24, 2.45) is 0 Å². The number of amides is 1. The number of rotatable bonds is 6. The van der Waals surface area contributed by atoms with Crippen molar-refractivity contribution in [2.75, 3.05) is 6.54 Å². The lowest BCUT2D eigenvalue weighted by Gasteiger charge is -2.07. The number of aryl methyl sites for hydroxylation is 1. The van der Waals surface area contributed by atoms with Crippen LogP contribution >= 0.6 is 0 Å². The molecular weight excluding hydrogens is 342 g/mol. The van der Waals surface area contributed by atoms with E-state index < -0.39 is 0 Å². The number of benzene rings is 2. The molecule has 2 heterocycles. The van der Waals surface area contributed by atoms with Gasteiger partial charge in [0.25, 0.3) is 5.56 Å². The zero-order valence-electron chi connectivity index (χ0n) is 14.7. The number of imidazole rings is 1. The summed E-state index contributed by atoms with van der Waals surface area (Å²) in [4.78, 5) is 32.3. The highest BCUT2D eigenvalue weighted by atomic mass is 16.2. The van der Waals surface area contributed by atoms with Crippen LogP contribution < -0.4 is 10.9 Å². The van der Waals surface area contributed by atoms with E-state index in [4.69, 9.17) is 0 Å². The number of aromatic nitrogens is 4. The van der Waals surface area contributed by atoms with Crippen molar-refractivity contribution in [1.29, 1.82) is 0 Å². The zero-order chi connectivity index (χ0) is 18.6. The summed E-state index contributed by atoms with van der Waals surface area (Å²) >= 11 is 0. The van der Waals surface area contributed by atoms with Crippen molar-refractivity contribution in [3.05, 3.63) is 70.9 Å². The molecule has 0 aliphatic rings.